The Kier molecular flexibility index (Phi) is 6.15. The summed E-state index contributed by atoms with van der Waals surface area (Å²) in [4.78, 5) is 44.0. The highest BCUT2D eigenvalue weighted by atomic mass is 16.5. The zero-order valence-corrected chi connectivity index (χ0v) is 17.1. The van der Waals surface area contributed by atoms with Gasteiger partial charge in [0.15, 0.2) is 11.7 Å². The van der Waals surface area contributed by atoms with Crippen LogP contribution in [-0.2, 0) is 14.3 Å². The van der Waals surface area contributed by atoms with Crippen molar-refractivity contribution in [2.45, 2.75) is 33.8 Å². The van der Waals surface area contributed by atoms with Gasteiger partial charge in [-0.15, -0.1) is 0 Å². The number of aryl methyl sites for hydroxylation is 1. The number of para-hydroxylation sites is 2. The lowest BCUT2D eigenvalue weighted by Crippen LogP contribution is -2.24. The van der Waals surface area contributed by atoms with E-state index in [1.54, 1.807) is 32.9 Å². The van der Waals surface area contributed by atoms with E-state index in [1.807, 2.05) is 12.1 Å². The van der Waals surface area contributed by atoms with Crippen molar-refractivity contribution in [1.82, 2.24) is 9.97 Å². The lowest BCUT2D eigenvalue weighted by Gasteiger charge is -2.10. The zero-order chi connectivity index (χ0) is 21.8. The number of carbonyl (C=O) groups is 3. The van der Waals surface area contributed by atoms with Gasteiger partial charge in [-0.25, -0.2) is 14.6 Å². The van der Waals surface area contributed by atoms with E-state index >= 15 is 0 Å². The van der Waals surface area contributed by atoms with Gasteiger partial charge in [-0.05, 0) is 45.4 Å². The average Bonchev–Trinajstić information content (AvgIpc) is 3.25. The largest absolute Gasteiger partial charge is 0.462 e. The van der Waals surface area contributed by atoms with Gasteiger partial charge >= 0.3 is 11.9 Å². The number of ketones is 1. The lowest BCUT2D eigenvalue weighted by molar-refractivity contribution is -0.140. The molecule has 1 atom stereocenters. The summed E-state index contributed by atoms with van der Waals surface area (Å²) < 4.78 is 15.7. The van der Waals surface area contributed by atoms with Gasteiger partial charge in [0.05, 0.1) is 17.9 Å². The maximum absolute atomic E-state index is 12.7. The molecule has 0 saturated heterocycles. The number of Topliss-reactive ketones (excluding diaryl/α,β-unsaturated/α-hetero) is 1. The van der Waals surface area contributed by atoms with E-state index in [2.05, 4.69) is 9.97 Å². The second-order valence-electron chi connectivity index (χ2n) is 6.64. The fraction of sp³-hybridized carbons (Fsp3) is 0.273. The second kappa shape index (κ2) is 8.77. The van der Waals surface area contributed by atoms with Gasteiger partial charge in [0, 0.05) is 17.8 Å². The van der Waals surface area contributed by atoms with Gasteiger partial charge in [0.1, 0.15) is 5.52 Å². The molecule has 0 radical (unpaired) electrons. The Morgan fingerprint density at radius 1 is 1.23 bits per heavy atom. The number of esters is 2. The van der Waals surface area contributed by atoms with Gasteiger partial charge in [0.25, 0.3) is 0 Å². The van der Waals surface area contributed by atoms with Gasteiger partial charge < -0.3 is 18.9 Å². The molecule has 0 aliphatic carbocycles. The number of nitrogens with zero attached hydrogens (tertiary/aromatic N) is 1. The minimum absolute atomic E-state index is 0.207. The fourth-order valence-corrected chi connectivity index (χ4v) is 3.08. The van der Waals surface area contributed by atoms with Crippen LogP contribution in [0.15, 0.2) is 34.8 Å². The molecule has 3 rings (SSSR count). The molecular formula is C22H22N2O6. The summed E-state index contributed by atoms with van der Waals surface area (Å²) in [7, 11) is 0. The molecule has 0 aliphatic heterocycles. The Morgan fingerprint density at radius 3 is 2.67 bits per heavy atom. The number of oxazole rings is 1. The van der Waals surface area contributed by atoms with E-state index in [0.29, 0.717) is 27.9 Å². The zero-order valence-electron chi connectivity index (χ0n) is 17.1. The molecule has 2 heterocycles. The maximum Gasteiger partial charge on any atom is 0.340 e. The van der Waals surface area contributed by atoms with Gasteiger partial charge in [-0.1, -0.05) is 12.1 Å². The van der Waals surface area contributed by atoms with Crippen LogP contribution >= 0.6 is 0 Å². The first-order chi connectivity index (χ1) is 14.3. The van der Waals surface area contributed by atoms with Crippen LogP contribution in [0.1, 0.15) is 51.8 Å². The van der Waals surface area contributed by atoms with Crippen molar-refractivity contribution in [3.8, 4) is 0 Å². The Bertz CT molecular complexity index is 1100. The first kappa shape index (κ1) is 21.0. The molecule has 3 aromatic rings. The standard InChI is InChI=1S/C22H22N2O6/c1-5-28-22(27)19-12(2)20(23-13(19)3)21(26)14(4)29-18(25)11-10-17-24-15-8-6-7-9-16(15)30-17/h6-11,14,23H,5H2,1-4H3/b11-10+/t14-/m1/s1. The minimum Gasteiger partial charge on any atom is -0.462 e. The van der Waals surface area contributed by atoms with Crippen LogP contribution in [0.4, 0.5) is 0 Å². The van der Waals surface area contributed by atoms with E-state index < -0.39 is 23.8 Å². The van der Waals surface area contributed by atoms with E-state index in [9.17, 15) is 14.4 Å². The smallest absolute Gasteiger partial charge is 0.340 e. The van der Waals surface area contributed by atoms with Crippen molar-refractivity contribution in [3.05, 3.63) is 58.7 Å². The number of nitrogens with one attached hydrogen (secondary N) is 1. The van der Waals surface area contributed by atoms with Gasteiger partial charge in [-0.2, -0.15) is 0 Å². The Hall–Kier alpha value is -3.68. The monoisotopic (exact) mass is 410 g/mol. The number of rotatable bonds is 7. The van der Waals surface area contributed by atoms with Crippen LogP contribution < -0.4 is 0 Å². The number of hydrogen-bond acceptors (Lipinski definition) is 7. The molecule has 30 heavy (non-hydrogen) atoms. The highest BCUT2D eigenvalue weighted by Gasteiger charge is 2.27. The van der Waals surface area contributed by atoms with E-state index in [-0.39, 0.29) is 18.2 Å². The normalized spacial score (nSPS) is 12.3. The number of aromatic nitrogens is 2. The maximum atomic E-state index is 12.7. The number of hydrogen-bond donors (Lipinski definition) is 1. The fourth-order valence-electron chi connectivity index (χ4n) is 3.08. The second-order valence-corrected chi connectivity index (χ2v) is 6.64. The Labute approximate surface area is 172 Å². The van der Waals surface area contributed by atoms with Crippen LogP contribution in [0.2, 0.25) is 0 Å². The van der Waals surface area contributed by atoms with Crippen molar-refractivity contribution in [3.63, 3.8) is 0 Å². The molecule has 0 fully saturated rings. The van der Waals surface area contributed by atoms with Crippen LogP contribution in [0.3, 0.4) is 0 Å². The van der Waals surface area contributed by atoms with Crippen LogP contribution in [-0.4, -0.2) is 40.4 Å². The van der Waals surface area contributed by atoms with Gasteiger partial charge in [-0.3, -0.25) is 4.79 Å². The molecule has 0 spiro atoms. The third kappa shape index (κ3) is 4.32. The van der Waals surface area contributed by atoms with Crippen molar-refractivity contribution in [2.75, 3.05) is 6.61 Å². The molecular weight excluding hydrogens is 388 g/mol. The summed E-state index contributed by atoms with van der Waals surface area (Å²) in [6.45, 7) is 6.72. The number of carbonyl (C=O) groups excluding carboxylic acids is 3. The average molecular weight is 410 g/mol. The Morgan fingerprint density at radius 2 is 1.97 bits per heavy atom. The third-order valence-electron chi connectivity index (χ3n) is 4.50. The van der Waals surface area contributed by atoms with E-state index in [4.69, 9.17) is 13.9 Å². The molecule has 1 aromatic carbocycles. The lowest BCUT2D eigenvalue weighted by atomic mass is 10.1. The number of benzene rings is 1. The predicted octanol–water partition coefficient (Wildman–Crippen LogP) is 3.78. The summed E-state index contributed by atoms with van der Waals surface area (Å²) in [5.74, 6) is -1.42. The van der Waals surface area contributed by atoms with Crippen LogP contribution in [0.5, 0.6) is 0 Å². The first-order valence-electron chi connectivity index (χ1n) is 9.46. The van der Waals surface area contributed by atoms with Crippen molar-refractivity contribution < 1.29 is 28.3 Å². The molecule has 0 unspecified atom stereocenters. The molecule has 0 bridgehead atoms. The summed E-state index contributed by atoms with van der Waals surface area (Å²) in [6.07, 6.45) is 1.46. The Balaban J connectivity index is 1.68. The predicted molar refractivity (Wildman–Crippen MR) is 109 cm³/mol. The molecule has 1 N–H and O–H groups in total. The number of aromatic amines is 1. The topological polar surface area (TPSA) is 111 Å². The molecule has 156 valence electrons. The quantitative estimate of drug-likeness (QED) is 0.358. The van der Waals surface area contributed by atoms with E-state index in [1.165, 1.54) is 13.0 Å². The van der Waals surface area contributed by atoms with Gasteiger partial charge in [0.2, 0.25) is 11.7 Å². The highest BCUT2D eigenvalue weighted by molar-refractivity contribution is 6.04. The molecule has 0 saturated carbocycles. The third-order valence-corrected chi connectivity index (χ3v) is 4.50. The van der Waals surface area contributed by atoms with Crippen molar-refractivity contribution >= 4 is 34.9 Å². The SMILES string of the molecule is CCOC(=O)c1c(C)[nH]c(C(=O)[C@@H](C)OC(=O)/C=C/c2nc3ccccc3o2)c1C. The minimum atomic E-state index is -1.06. The first-order valence-corrected chi connectivity index (χ1v) is 9.46. The molecule has 0 aliphatic rings. The molecule has 2 aromatic heterocycles. The summed E-state index contributed by atoms with van der Waals surface area (Å²) >= 11 is 0. The van der Waals surface area contributed by atoms with E-state index in [0.717, 1.165) is 6.08 Å². The summed E-state index contributed by atoms with van der Waals surface area (Å²) in [5.41, 5.74) is 2.77. The summed E-state index contributed by atoms with van der Waals surface area (Å²) in [6, 6.07) is 7.21. The molecule has 8 nitrogen and oxygen atoms in total. The molecule has 0 amide bonds. The number of ether oxygens (including phenoxy) is 2. The molecule has 8 heteroatoms. The van der Waals surface area contributed by atoms with Crippen molar-refractivity contribution in [2.24, 2.45) is 0 Å². The number of fused-ring (bicyclic) bond motifs is 1. The van der Waals surface area contributed by atoms with Crippen LogP contribution in [0.25, 0.3) is 17.2 Å². The van der Waals surface area contributed by atoms with Crippen molar-refractivity contribution in [1.29, 1.82) is 0 Å². The number of H-pyrrole nitrogens is 1. The highest BCUT2D eigenvalue weighted by Crippen LogP contribution is 2.21. The van der Waals surface area contributed by atoms with Crippen LogP contribution in [0, 0.1) is 13.8 Å². The summed E-state index contributed by atoms with van der Waals surface area (Å²) in [5, 5.41) is 0.